The topological polar surface area (TPSA) is 38.8 Å². The van der Waals surface area contributed by atoms with E-state index in [2.05, 4.69) is 0 Å². The van der Waals surface area contributed by atoms with E-state index in [4.69, 9.17) is 9.57 Å². The van der Waals surface area contributed by atoms with Gasteiger partial charge in [-0.05, 0) is 43.4 Å². The molecule has 1 amide bonds. The summed E-state index contributed by atoms with van der Waals surface area (Å²) >= 11 is 0. The average Bonchev–Trinajstić information content (AvgIpc) is 2.53. The number of rotatable bonds is 5. The van der Waals surface area contributed by atoms with Crippen LogP contribution in [-0.2, 0) is 21.0 Å². The minimum Gasteiger partial charge on any atom is -0.374 e. The zero-order valence-electron chi connectivity index (χ0n) is 12.5. The number of hydroxylamine groups is 2. The fraction of sp³-hybridized carbons (Fsp3) is 0.562. The number of hydrogen-bond donors (Lipinski definition) is 0. The van der Waals surface area contributed by atoms with E-state index in [0.29, 0.717) is 6.61 Å². The molecule has 1 aliphatic carbocycles. The Kier molecular flexibility index (Phi) is 5.70. The number of halogens is 1. The van der Waals surface area contributed by atoms with Gasteiger partial charge in [-0.1, -0.05) is 12.1 Å². The fourth-order valence-electron chi connectivity index (χ4n) is 2.62. The van der Waals surface area contributed by atoms with E-state index in [1.807, 2.05) is 0 Å². The predicted molar refractivity (Wildman–Crippen MR) is 76.7 cm³/mol. The summed E-state index contributed by atoms with van der Waals surface area (Å²) in [6.07, 6.45) is 3.55. The number of carbonyl (C=O) groups is 1. The van der Waals surface area contributed by atoms with Crippen LogP contribution in [0.3, 0.4) is 0 Å². The Labute approximate surface area is 124 Å². The monoisotopic (exact) mass is 295 g/mol. The van der Waals surface area contributed by atoms with E-state index in [0.717, 1.165) is 31.2 Å². The molecule has 116 valence electrons. The molecular formula is C16H22FNO3. The molecule has 0 N–H and O–H groups in total. The molecule has 2 rings (SSSR count). The molecule has 1 saturated carbocycles. The summed E-state index contributed by atoms with van der Waals surface area (Å²) in [5.74, 6) is -0.171. The van der Waals surface area contributed by atoms with Crippen LogP contribution in [0.2, 0.25) is 0 Å². The van der Waals surface area contributed by atoms with Crippen molar-refractivity contribution in [1.29, 1.82) is 0 Å². The Hall–Kier alpha value is -1.46. The minimum absolute atomic E-state index is 0.0284. The maximum Gasteiger partial charge on any atom is 0.248 e. The van der Waals surface area contributed by atoms with Gasteiger partial charge >= 0.3 is 0 Å². The predicted octanol–water partition coefficient (Wildman–Crippen LogP) is 2.92. The smallest absolute Gasteiger partial charge is 0.248 e. The van der Waals surface area contributed by atoms with Gasteiger partial charge in [0, 0.05) is 13.0 Å². The Bertz CT molecular complexity index is 455. The second kappa shape index (κ2) is 7.52. The number of carbonyl (C=O) groups excluding carboxylic acids is 1. The third kappa shape index (κ3) is 4.51. The highest BCUT2D eigenvalue weighted by Gasteiger charge is 2.28. The van der Waals surface area contributed by atoms with Crippen LogP contribution in [0.4, 0.5) is 4.39 Å². The van der Waals surface area contributed by atoms with Crippen LogP contribution in [0.5, 0.6) is 0 Å². The molecule has 0 heterocycles. The number of ether oxygens (including phenoxy) is 1. The molecule has 4 nitrogen and oxygen atoms in total. The van der Waals surface area contributed by atoms with E-state index in [1.165, 1.54) is 24.3 Å². The summed E-state index contributed by atoms with van der Waals surface area (Å²) in [6, 6.07) is 6.35. The first kappa shape index (κ1) is 15.9. The van der Waals surface area contributed by atoms with Crippen LogP contribution < -0.4 is 0 Å². The number of benzene rings is 1. The van der Waals surface area contributed by atoms with E-state index in [1.54, 1.807) is 19.2 Å². The molecule has 5 heteroatoms. The first-order valence-corrected chi connectivity index (χ1v) is 7.28. The van der Waals surface area contributed by atoms with Gasteiger partial charge in [0.15, 0.2) is 0 Å². The van der Waals surface area contributed by atoms with Gasteiger partial charge in [0.1, 0.15) is 5.82 Å². The summed E-state index contributed by atoms with van der Waals surface area (Å²) in [7, 11) is 3.13. The van der Waals surface area contributed by atoms with Crippen molar-refractivity contribution in [1.82, 2.24) is 5.06 Å². The Morgan fingerprint density at radius 1 is 1.24 bits per heavy atom. The molecule has 0 unspecified atom stereocenters. The van der Waals surface area contributed by atoms with Gasteiger partial charge < -0.3 is 4.74 Å². The summed E-state index contributed by atoms with van der Waals surface area (Å²) < 4.78 is 18.7. The molecule has 0 saturated heterocycles. The number of nitrogens with zero attached hydrogens (tertiary/aromatic N) is 1. The lowest BCUT2D eigenvalue weighted by atomic mass is 9.86. The lowest BCUT2D eigenvalue weighted by molar-refractivity contribution is -0.175. The first-order chi connectivity index (χ1) is 10.1. The van der Waals surface area contributed by atoms with Gasteiger partial charge in [0.25, 0.3) is 0 Å². The van der Waals surface area contributed by atoms with Crippen LogP contribution >= 0.6 is 0 Å². The lowest BCUT2D eigenvalue weighted by Crippen LogP contribution is -2.35. The van der Waals surface area contributed by atoms with Gasteiger partial charge in [0.2, 0.25) is 5.91 Å². The maximum atomic E-state index is 12.8. The zero-order chi connectivity index (χ0) is 15.2. The van der Waals surface area contributed by atoms with Crippen LogP contribution in [0.25, 0.3) is 0 Å². The molecular weight excluding hydrogens is 273 g/mol. The molecule has 1 aromatic carbocycles. The Balaban J connectivity index is 1.74. The molecule has 0 spiro atoms. The van der Waals surface area contributed by atoms with Gasteiger partial charge in [-0.3, -0.25) is 9.63 Å². The van der Waals surface area contributed by atoms with Crippen molar-refractivity contribution in [3.05, 3.63) is 35.6 Å². The molecule has 1 fully saturated rings. The van der Waals surface area contributed by atoms with Crippen LogP contribution in [0.15, 0.2) is 24.3 Å². The number of hydrogen-bond acceptors (Lipinski definition) is 3. The van der Waals surface area contributed by atoms with Crippen molar-refractivity contribution in [3.8, 4) is 0 Å². The second-order valence-corrected chi connectivity index (χ2v) is 5.43. The van der Waals surface area contributed by atoms with Crippen molar-refractivity contribution in [3.63, 3.8) is 0 Å². The largest absolute Gasteiger partial charge is 0.374 e. The minimum atomic E-state index is -0.236. The third-order valence-electron chi connectivity index (χ3n) is 4.01. The van der Waals surface area contributed by atoms with Crippen LogP contribution in [0, 0.1) is 11.7 Å². The fourth-order valence-corrected chi connectivity index (χ4v) is 2.62. The molecule has 0 aliphatic heterocycles. The molecule has 21 heavy (non-hydrogen) atoms. The second-order valence-electron chi connectivity index (χ2n) is 5.43. The molecule has 0 bridgehead atoms. The highest BCUT2D eigenvalue weighted by molar-refractivity contribution is 5.77. The van der Waals surface area contributed by atoms with Gasteiger partial charge in [-0.15, -0.1) is 0 Å². The lowest BCUT2D eigenvalue weighted by Gasteiger charge is -2.29. The average molecular weight is 295 g/mol. The molecule has 1 aliphatic rings. The van der Waals surface area contributed by atoms with Crippen molar-refractivity contribution >= 4 is 5.91 Å². The summed E-state index contributed by atoms with van der Waals surface area (Å²) in [5.41, 5.74) is 0.966. The quantitative estimate of drug-likeness (QED) is 0.784. The third-order valence-corrected chi connectivity index (χ3v) is 4.01. The molecule has 0 radical (unpaired) electrons. The van der Waals surface area contributed by atoms with E-state index in [9.17, 15) is 9.18 Å². The van der Waals surface area contributed by atoms with Crippen molar-refractivity contribution in [2.24, 2.45) is 5.92 Å². The van der Waals surface area contributed by atoms with Crippen molar-refractivity contribution in [2.45, 2.75) is 38.4 Å². The van der Waals surface area contributed by atoms with Crippen molar-refractivity contribution < 1.29 is 18.8 Å². The highest BCUT2D eigenvalue weighted by Crippen LogP contribution is 2.28. The Morgan fingerprint density at radius 2 is 1.86 bits per heavy atom. The summed E-state index contributed by atoms with van der Waals surface area (Å²) in [6.45, 7) is 0.488. The molecule has 0 aromatic heterocycles. The van der Waals surface area contributed by atoms with E-state index >= 15 is 0 Å². The Morgan fingerprint density at radius 3 is 2.43 bits per heavy atom. The van der Waals surface area contributed by atoms with Gasteiger partial charge in [-0.25, -0.2) is 9.45 Å². The maximum absolute atomic E-state index is 12.8. The normalized spacial score (nSPS) is 22.0. The van der Waals surface area contributed by atoms with Gasteiger partial charge in [-0.2, -0.15) is 0 Å². The van der Waals surface area contributed by atoms with Crippen molar-refractivity contribution in [2.75, 3.05) is 14.2 Å². The highest BCUT2D eigenvalue weighted by atomic mass is 19.1. The first-order valence-electron chi connectivity index (χ1n) is 7.28. The van der Waals surface area contributed by atoms with E-state index in [-0.39, 0.29) is 23.7 Å². The molecule has 1 aromatic rings. The standard InChI is InChI=1S/C16H22FNO3/c1-18(20-2)16(19)13-5-9-15(10-6-13)21-11-12-3-7-14(17)8-4-12/h3-4,7-8,13,15H,5-6,9-11H2,1-2H3/t13-,15-. The SMILES string of the molecule is CON(C)C(=O)[C@H]1CC[C@H](OCc2ccc(F)cc2)CC1. The molecule has 0 atom stereocenters. The van der Waals surface area contributed by atoms with Crippen LogP contribution in [-0.4, -0.2) is 31.2 Å². The van der Waals surface area contributed by atoms with Crippen LogP contribution in [0.1, 0.15) is 31.2 Å². The number of amides is 1. The van der Waals surface area contributed by atoms with Gasteiger partial charge in [0.05, 0.1) is 19.8 Å². The zero-order valence-corrected chi connectivity index (χ0v) is 12.5. The summed E-state index contributed by atoms with van der Waals surface area (Å²) in [4.78, 5) is 16.9. The van der Waals surface area contributed by atoms with E-state index < -0.39 is 0 Å². The summed E-state index contributed by atoms with van der Waals surface area (Å²) in [5, 5.41) is 1.30.